The van der Waals surface area contributed by atoms with Crippen LogP contribution in [0.2, 0.25) is 0 Å². The number of nitrogens with zero attached hydrogens (tertiary/aromatic N) is 1. The molecule has 0 amide bonds. The van der Waals surface area contributed by atoms with Gasteiger partial charge < -0.3 is 9.84 Å². The number of hydrogen-bond acceptors (Lipinski definition) is 4. The van der Waals surface area contributed by atoms with Crippen LogP contribution in [0.3, 0.4) is 0 Å². The van der Waals surface area contributed by atoms with Crippen molar-refractivity contribution in [1.29, 1.82) is 0 Å². The summed E-state index contributed by atoms with van der Waals surface area (Å²) in [5.74, 6) is -0.133. The summed E-state index contributed by atoms with van der Waals surface area (Å²) in [6, 6.07) is 14.3. The van der Waals surface area contributed by atoms with Crippen LogP contribution >= 0.6 is 0 Å². The van der Waals surface area contributed by atoms with E-state index < -0.39 is 5.97 Å². The Labute approximate surface area is 121 Å². The maximum atomic E-state index is 10.9. The lowest BCUT2D eigenvalue weighted by atomic mass is 10.0. The van der Waals surface area contributed by atoms with E-state index in [2.05, 4.69) is 10.5 Å². The summed E-state index contributed by atoms with van der Waals surface area (Å²) in [5, 5.41) is 13.4. The first-order valence-corrected chi connectivity index (χ1v) is 6.62. The fraction of sp³-hybridized carbons (Fsp3) is 0.125. The number of para-hydroxylation sites is 1. The molecule has 0 radical (unpaired) electrons. The van der Waals surface area contributed by atoms with Gasteiger partial charge in [0.05, 0.1) is 23.6 Å². The van der Waals surface area contributed by atoms with Crippen molar-refractivity contribution in [1.82, 2.24) is 0 Å². The molecular formula is C16H14N2O3. The van der Waals surface area contributed by atoms with E-state index in [0.29, 0.717) is 18.7 Å². The van der Waals surface area contributed by atoms with Crippen LogP contribution in [0.5, 0.6) is 5.75 Å². The van der Waals surface area contributed by atoms with E-state index in [1.54, 1.807) is 24.3 Å². The van der Waals surface area contributed by atoms with Crippen LogP contribution in [-0.4, -0.2) is 23.4 Å². The van der Waals surface area contributed by atoms with Gasteiger partial charge in [0, 0.05) is 12.0 Å². The van der Waals surface area contributed by atoms with Crippen molar-refractivity contribution < 1.29 is 14.6 Å². The topological polar surface area (TPSA) is 70.9 Å². The minimum atomic E-state index is -0.956. The number of carbonyl (C=O) groups is 1. The van der Waals surface area contributed by atoms with Gasteiger partial charge in [0.2, 0.25) is 0 Å². The van der Waals surface area contributed by atoms with Crippen molar-refractivity contribution in [3.05, 3.63) is 59.7 Å². The highest BCUT2D eigenvalue weighted by molar-refractivity contribution is 6.04. The third kappa shape index (κ3) is 2.86. The highest BCUT2D eigenvalue weighted by Crippen LogP contribution is 2.24. The van der Waals surface area contributed by atoms with E-state index in [9.17, 15) is 4.79 Å². The second-order valence-electron chi connectivity index (χ2n) is 4.65. The van der Waals surface area contributed by atoms with E-state index in [1.807, 2.05) is 24.3 Å². The molecule has 0 unspecified atom stereocenters. The molecule has 0 atom stereocenters. The summed E-state index contributed by atoms with van der Waals surface area (Å²) in [6.07, 6.45) is 0.711. The Morgan fingerprint density at radius 2 is 2.05 bits per heavy atom. The lowest BCUT2D eigenvalue weighted by molar-refractivity contribution is 0.0697. The van der Waals surface area contributed by atoms with E-state index in [4.69, 9.17) is 9.84 Å². The van der Waals surface area contributed by atoms with E-state index in [0.717, 1.165) is 17.0 Å². The first-order valence-electron chi connectivity index (χ1n) is 6.62. The average Bonchev–Trinajstić information content (AvgIpc) is 2.53. The van der Waals surface area contributed by atoms with Crippen LogP contribution in [0.4, 0.5) is 5.69 Å². The Morgan fingerprint density at radius 1 is 1.19 bits per heavy atom. The van der Waals surface area contributed by atoms with Gasteiger partial charge in [0.15, 0.2) is 0 Å². The number of rotatable bonds is 3. The van der Waals surface area contributed by atoms with Crippen molar-refractivity contribution in [3.8, 4) is 5.75 Å². The molecule has 1 aliphatic heterocycles. The third-order valence-electron chi connectivity index (χ3n) is 3.22. The maximum Gasteiger partial charge on any atom is 0.335 e. The van der Waals surface area contributed by atoms with Crippen LogP contribution in [0.25, 0.3) is 0 Å². The molecular weight excluding hydrogens is 268 g/mol. The molecule has 0 spiro atoms. The first-order chi connectivity index (χ1) is 10.2. The van der Waals surface area contributed by atoms with E-state index >= 15 is 0 Å². The van der Waals surface area contributed by atoms with Gasteiger partial charge in [0.1, 0.15) is 5.75 Å². The number of benzene rings is 2. The standard InChI is InChI=1S/C16H14N2O3/c19-16(20)11-4-3-5-12(10-11)17-18-14-8-9-21-15-7-2-1-6-13(14)15/h1-7,10,17H,8-9H2,(H,19,20)/b18-14-. The zero-order valence-corrected chi connectivity index (χ0v) is 11.2. The largest absolute Gasteiger partial charge is 0.492 e. The van der Waals surface area contributed by atoms with Gasteiger partial charge in [-0.3, -0.25) is 5.43 Å². The summed E-state index contributed by atoms with van der Waals surface area (Å²) < 4.78 is 5.57. The van der Waals surface area contributed by atoms with Crippen molar-refractivity contribution in [2.75, 3.05) is 12.0 Å². The second kappa shape index (κ2) is 5.66. The van der Waals surface area contributed by atoms with E-state index in [1.165, 1.54) is 0 Å². The van der Waals surface area contributed by atoms with Crippen molar-refractivity contribution in [3.63, 3.8) is 0 Å². The molecule has 2 N–H and O–H groups in total. The van der Waals surface area contributed by atoms with Gasteiger partial charge >= 0.3 is 5.97 Å². The predicted molar refractivity (Wildman–Crippen MR) is 80.1 cm³/mol. The van der Waals surface area contributed by atoms with Crippen molar-refractivity contribution in [2.45, 2.75) is 6.42 Å². The highest BCUT2D eigenvalue weighted by atomic mass is 16.5. The van der Waals surface area contributed by atoms with Gasteiger partial charge in [-0.15, -0.1) is 0 Å². The fourth-order valence-electron chi connectivity index (χ4n) is 2.19. The number of ether oxygens (including phenoxy) is 1. The first kappa shape index (κ1) is 13.2. The summed E-state index contributed by atoms with van der Waals surface area (Å²) in [6.45, 7) is 0.590. The Kier molecular flexibility index (Phi) is 3.55. The molecule has 3 rings (SSSR count). The number of hydrogen-bond donors (Lipinski definition) is 2. The van der Waals surface area contributed by atoms with Crippen LogP contribution in [0.1, 0.15) is 22.3 Å². The summed E-state index contributed by atoms with van der Waals surface area (Å²) >= 11 is 0. The molecule has 0 aromatic heterocycles. The fourth-order valence-corrected chi connectivity index (χ4v) is 2.19. The smallest absolute Gasteiger partial charge is 0.335 e. The monoisotopic (exact) mass is 282 g/mol. The molecule has 5 heteroatoms. The second-order valence-corrected chi connectivity index (χ2v) is 4.65. The third-order valence-corrected chi connectivity index (χ3v) is 3.22. The molecule has 2 aromatic rings. The molecule has 21 heavy (non-hydrogen) atoms. The molecule has 1 aliphatic rings. The Bertz CT molecular complexity index is 710. The zero-order chi connectivity index (χ0) is 14.7. The van der Waals surface area contributed by atoms with Crippen molar-refractivity contribution in [2.24, 2.45) is 5.10 Å². The minimum Gasteiger partial charge on any atom is -0.492 e. The Hall–Kier alpha value is -2.82. The number of fused-ring (bicyclic) bond motifs is 1. The molecule has 0 fully saturated rings. The number of nitrogens with one attached hydrogen (secondary N) is 1. The summed E-state index contributed by atoms with van der Waals surface area (Å²) in [5.41, 5.74) is 5.66. The molecule has 2 aromatic carbocycles. The lowest BCUT2D eigenvalue weighted by Gasteiger charge is -2.18. The van der Waals surface area contributed by atoms with Crippen LogP contribution in [0, 0.1) is 0 Å². The predicted octanol–water partition coefficient (Wildman–Crippen LogP) is 2.98. The highest BCUT2D eigenvalue weighted by Gasteiger charge is 2.15. The molecule has 0 aliphatic carbocycles. The van der Waals surface area contributed by atoms with Gasteiger partial charge in [-0.05, 0) is 30.3 Å². The summed E-state index contributed by atoms with van der Waals surface area (Å²) in [7, 11) is 0. The van der Waals surface area contributed by atoms with Gasteiger partial charge in [-0.2, -0.15) is 5.10 Å². The Balaban J connectivity index is 1.84. The van der Waals surface area contributed by atoms with Gasteiger partial charge in [-0.1, -0.05) is 18.2 Å². The number of carboxylic acids is 1. The average molecular weight is 282 g/mol. The number of anilines is 1. The number of carboxylic acid groups (broad SMARTS) is 1. The molecule has 5 nitrogen and oxygen atoms in total. The Morgan fingerprint density at radius 3 is 2.90 bits per heavy atom. The minimum absolute atomic E-state index is 0.229. The summed E-state index contributed by atoms with van der Waals surface area (Å²) in [4.78, 5) is 10.9. The molecule has 1 heterocycles. The quantitative estimate of drug-likeness (QED) is 0.849. The van der Waals surface area contributed by atoms with Gasteiger partial charge in [0.25, 0.3) is 0 Å². The van der Waals surface area contributed by atoms with Crippen LogP contribution in [0.15, 0.2) is 53.6 Å². The molecule has 0 saturated carbocycles. The van der Waals surface area contributed by atoms with Gasteiger partial charge in [-0.25, -0.2) is 4.79 Å². The van der Waals surface area contributed by atoms with Crippen molar-refractivity contribution >= 4 is 17.4 Å². The van der Waals surface area contributed by atoms with Crippen LogP contribution < -0.4 is 10.2 Å². The molecule has 106 valence electrons. The number of hydrazone groups is 1. The van der Waals surface area contributed by atoms with Crippen LogP contribution in [-0.2, 0) is 0 Å². The molecule has 0 saturated heterocycles. The van der Waals surface area contributed by atoms with E-state index in [-0.39, 0.29) is 5.56 Å². The SMILES string of the molecule is O=C(O)c1cccc(N/N=C2/CCOc3ccccc32)c1. The normalized spacial score (nSPS) is 15.1. The zero-order valence-electron chi connectivity index (χ0n) is 11.2. The lowest BCUT2D eigenvalue weighted by Crippen LogP contribution is -2.17. The maximum absolute atomic E-state index is 10.9. The number of aromatic carboxylic acids is 1. The molecule has 0 bridgehead atoms.